The second kappa shape index (κ2) is 5.66. The number of anilines is 1. The normalized spacial score (nSPS) is 23.2. The fourth-order valence-corrected chi connectivity index (χ4v) is 2.59. The van der Waals surface area contributed by atoms with E-state index < -0.39 is 5.97 Å². The third-order valence-electron chi connectivity index (χ3n) is 3.74. The van der Waals surface area contributed by atoms with E-state index in [2.05, 4.69) is 18.7 Å². The Morgan fingerprint density at radius 1 is 1.37 bits per heavy atom. The number of benzene rings is 1. The van der Waals surface area contributed by atoms with E-state index in [1.54, 1.807) is 0 Å². The average molecular weight is 280 g/mol. The number of carboxylic acids is 1. The Labute approximate surface area is 118 Å². The van der Waals surface area contributed by atoms with Crippen LogP contribution >= 0.6 is 11.6 Å². The summed E-state index contributed by atoms with van der Waals surface area (Å²) in [5.74, 6) is 0.401. The summed E-state index contributed by atoms with van der Waals surface area (Å²) in [5.41, 5.74) is 1.83. The molecule has 0 amide bonds. The molecule has 0 saturated carbocycles. The van der Waals surface area contributed by atoms with Crippen LogP contribution in [0.4, 0.5) is 5.69 Å². The average Bonchev–Trinajstić information content (AvgIpc) is 2.68. The minimum absolute atomic E-state index is 0.585. The standard InChI is InChI=1S/C15H18ClNO2/c1-10-8-17(9-11(10)2)13-5-3-12(14(16)7-13)4-6-15(18)19/h3-7,10-11H,8-9H2,1-2H3,(H,18,19)/b6-4+. The fraction of sp³-hybridized carbons (Fsp3) is 0.400. The number of aliphatic carboxylic acids is 1. The van der Waals surface area contributed by atoms with Crippen molar-refractivity contribution in [2.75, 3.05) is 18.0 Å². The number of hydrogen-bond acceptors (Lipinski definition) is 2. The first-order chi connectivity index (χ1) is 8.97. The maximum absolute atomic E-state index is 10.5. The number of halogens is 1. The van der Waals surface area contributed by atoms with Crippen molar-refractivity contribution < 1.29 is 9.90 Å². The first-order valence-electron chi connectivity index (χ1n) is 6.43. The summed E-state index contributed by atoms with van der Waals surface area (Å²) in [6, 6.07) is 5.77. The molecule has 1 N–H and O–H groups in total. The summed E-state index contributed by atoms with van der Waals surface area (Å²) in [4.78, 5) is 12.8. The van der Waals surface area contributed by atoms with Gasteiger partial charge < -0.3 is 10.0 Å². The Kier molecular flexibility index (Phi) is 4.15. The Bertz CT molecular complexity index is 503. The molecular formula is C15H18ClNO2. The molecule has 2 rings (SSSR count). The summed E-state index contributed by atoms with van der Waals surface area (Å²) in [7, 11) is 0. The zero-order valence-electron chi connectivity index (χ0n) is 11.1. The minimum Gasteiger partial charge on any atom is -0.478 e. The highest BCUT2D eigenvalue weighted by Crippen LogP contribution is 2.30. The smallest absolute Gasteiger partial charge is 0.328 e. The van der Waals surface area contributed by atoms with Crippen molar-refractivity contribution in [1.82, 2.24) is 0 Å². The maximum atomic E-state index is 10.5. The molecule has 1 aromatic carbocycles. The first kappa shape index (κ1) is 13.9. The summed E-state index contributed by atoms with van der Waals surface area (Å²) >= 11 is 6.19. The van der Waals surface area contributed by atoms with E-state index in [-0.39, 0.29) is 0 Å². The van der Waals surface area contributed by atoms with E-state index in [0.717, 1.165) is 30.4 Å². The molecule has 1 saturated heterocycles. The van der Waals surface area contributed by atoms with E-state index in [1.165, 1.54) is 6.08 Å². The molecule has 1 aliphatic heterocycles. The lowest BCUT2D eigenvalue weighted by atomic mass is 10.0. The summed E-state index contributed by atoms with van der Waals surface area (Å²) in [6.45, 7) is 6.61. The molecule has 0 aliphatic carbocycles. The molecule has 2 unspecified atom stereocenters. The molecule has 1 aromatic rings. The van der Waals surface area contributed by atoms with Gasteiger partial charge in [-0.1, -0.05) is 31.5 Å². The monoisotopic (exact) mass is 279 g/mol. The molecule has 0 aromatic heterocycles. The van der Waals surface area contributed by atoms with Crippen molar-refractivity contribution in [2.45, 2.75) is 13.8 Å². The number of carbonyl (C=O) groups is 1. The van der Waals surface area contributed by atoms with Gasteiger partial charge in [-0.3, -0.25) is 0 Å². The van der Waals surface area contributed by atoms with Gasteiger partial charge in [0.25, 0.3) is 0 Å². The zero-order valence-corrected chi connectivity index (χ0v) is 11.9. The van der Waals surface area contributed by atoms with Crippen molar-refractivity contribution in [2.24, 2.45) is 11.8 Å². The van der Waals surface area contributed by atoms with E-state index in [4.69, 9.17) is 16.7 Å². The SMILES string of the molecule is CC1CN(c2ccc(/C=C/C(=O)O)c(Cl)c2)CC1C. The van der Waals surface area contributed by atoms with Crippen molar-refractivity contribution >= 4 is 29.3 Å². The van der Waals surface area contributed by atoms with Crippen LogP contribution in [-0.4, -0.2) is 24.2 Å². The molecule has 1 heterocycles. The lowest BCUT2D eigenvalue weighted by molar-refractivity contribution is -0.131. The molecule has 0 bridgehead atoms. The number of nitrogens with zero attached hydrogens (tertiary/aromatic N) is 1. The molecule has 0 radical (unpaired) electrons. The molecule has 4 heteroatoms. The van der Waals surface area contributed by atoms with Crippen LogP contribution in [0.3, 0.4) is 0 Å². The van der Waals surface area contributed by atoms with Gasteiger partial charge >= 0.3 is 5.97 Å². The van der Waals surface area contributed by atoms with Crippen molar-refractivity contribution in [1.29, 1.82) is 0 Å². The number of rotatable bonds is 3. The Balaban J connectivity index is 2.17. The van der Waals surface area contributed by atoms with Gasteiger partial charge in [-0.2, -0.15) is 0 Å². The highest BCUT2D eigenvalue weighted by molar-refractivity contribution is 6.32. The van der Waals surface area contributed by atoms with Gasteiger partial charge in [0.05, 0.1) is 0 Å². The van der Waals surface area contributed by atoms with Crippen LogP contribution < -0.4 is 4.90 Å². The van der Waals surface area contributed by atoms with Crippen molar-refractivity contribution in [3.8, 4) is 0 Å². The predicted molar refractivity (Wildman–Crippen MR) is 78.7 cm³/mol. The fourth-order valence-electron chi connectivity index (χ4n) is 2.35. The zero-order chi connectivity index (χ0) is 14.0. The molecule has 102 valence electrons. The third kappa shape index (κ3) is 3.29. The van der Waals surface area contributed by atoms with Crippen LogP contribution in [0.2, 0.25) is 5.02 Å². The second-order valence-electron chi connectivity index (χ2n) is 5.24. The van der Waals surface area contributed by atoms with Gasteiger partial charge in [-0.25, -0.2) is 4.79 Å². The Morgan fingerprint density at radius 3 is 2.53 bits per heavy atom. The highest BCUT2D eigenvalue weighted by Gasteiger charge is 2.26. The van der Waals surface area contributed by atoms with Gasteiger partial charge in [-0.15, -0.1) is 0 Å². The largest absolute Gasteiger partial charge is 0.478 e. The third-order valence-corrected chi connectivity index (χ3v) is 4.07. The van der Waals surface area contributed by atoms with Gasteiger partial charge in [0, 0.05) is 29.9 Å². The van der Waals surface area contributed by atoms with E-state index in [9.17, 15) is 4.79 Å². The first-order valence-corrected chi connectivity index (χ1v) is 6.80. The predicted octanol–water partition coefficient (Wildman–Crippen LogP) is 3.53. The van der Waals surface area contributed by atoms with Gasteiger partial charge in [0.1, 0.15) is 0 Å². The Hall–Kier alpha value is -1.48. The van der Waals surface area contributed by atoms with Crippen molar-refractivity contribution in [3.05, 3.63) is 34.9 Å². The van der Waals surface area contributed by atoms with Crippen molar-refractivity contribution in [3.63, 3.8) is 0 Å². The molecule has 2 atom stereocenters. The Morgan fingerprint density at radius 2 is 2.00 bits per heavy atom. The van der Waals surface area contributed by atoms with Gasteiger partial charge in [-0.05, 0) is 35.6 Å². The van der Waals surface area contributed by atoms with E-state index in [0.29, 0.717) is 16.9 Å². The van der Waals surface area contributed by atoms with Crippen LogP contribution in [0.1, 0.15) is 19.4 Å². The topological polar surface area (TPSA) is 40.5 Å². The quantitative estimate of drug-likeness (QED) is 0.861. The lowest BCUT2D eigenvalue weighted by Gasteiger charge is -2.19. The second-order valence-corrected chi connectivity index (χ2v) is 5.64. The maximum Gasteiger partial charge on any atom is 0.328 e. The lowest BCUT2D eigenvalue weighted by Crippen LogP contribution is -2.19. The molecular weight excluding hydrogens is 262 g/mol. The molecule has 1 aliphatic rings. The summed E-state index contributed by atoms with van der Waals surface area (Å²) in [6.07, 6.45) is 2.62. The van der Waals surface area contributed by atoms with Gasteiger partial charge in [0.2, 0.25) is 0 Å². The summed E-state index contributed by atoms with van der Waals surface area (Å²) in [5, 5.41) is 9.20. The van der Waals surface area contributed by atoms with Crippen LogP contribution in [0.25, 0.3) is 6.08 Å². The van der Waals surface area contributed by atoms with Crippen LogP contribution in [0, 0.1) is 11.8 Å². The van der Waals surface area contributed by atoms with Gasteiger partial charge in [0.15, 0.2) is 0 Å². The van der Waals surface area contributed by atoms with Crippen LogP contribution in [0.15, 0.2) is 24.3 Å². The van der Waals surface area contributed by atoms with Crippen LogP contribution in [0.5, 0.6) is 0 Å². The van der Waals surface area contributed by atoms with E-state index in [1.807, 2.05) is 18.2 Å². The summed E-state index contributed by atoms with van der Waals surface area (Å²) < 4.78 is 0. The number of carboxylic acid groups (broad SMARTS) is 1. The molecule has 19 heavy (non-hydrogen) atoms. The molecule has 0 spiro atoms. The minimum atomic E-state index is -0.970. The molecule has 1 fully saturated rings. The molecule has 3 nitrogen and oxygen atoms in total. The number of hydrogen-bond donors (Lipinski definition) is 1. The highest BCUT2D eigenvalue weighted by atomic mass is 35.5. The van der Waals surface area contributed by atoms with Crippen LogP contribution in [-0.2, 0) is 4.79 Å². The van der Waals surface area contributed by atoms with E-state index >= 15 is 0 Å².